The van der Waals surface area contributed by atoms with Crippen molar-refractivity contribution in [1.29, 1.82) is 0 Å². The molecule has 0 unspecified atom stereocenters. The lowest BCUT2D eigenvalue weighted by Crippen LogP contribution is -2.22. The highest BCUT2D eigenvalue weighted by Crippen LogP contribution is 2.29. The number of methoxy groups -OCH3 is 1. The summed E-state index contributed by atoms with van der Waals surface area (Å²) < 4.78 is 4.73. The zero-order chi connectivity index (χ0) is 16.9. The van der Waals surface area contributed by atoms with Gasteiger partial charge in [-0.05, 0) is 5.56 Å². The monoisotopic (exact) mass is 342 g/mol. The molecule has 7 nitrogen and oxygen atoms in total. The quantitative estimate of drug-likeness (QED) is 0.668. The van der Waals surface area contributed by atoms with Crippen LogP contribution < -0.4 is 10.9 Å². The van der Waals surface area contributed by atoms with Crippen LogP contribution in [-0.4, -0.2) is 34.5 Å². The van der Waals surface area contributed by atoms with Gasteiger partial charge in [-0.15, -0.1) is 0 Å². The molecule has 0 aliphatic rings. The molecule has 2 heterocycles. The Morgan fingerprint density at radius 2 is 2.04 bits per heavy atom. The van der Waals surface area contributed by atoms with Gasteiger partial charge in [0.05, 0.1) is 4.88 Å². The maximum atomic E-state index is 11.9. The number of hydrogen-bond acceptors (Lipinski definition) is 7. The summed E-state index contributed by atoms with van der Waals surface area (Å²) in [5, 5.41) is 3.52. The van der Waals surface area contributed by atoms with Crippen LogP contribution in [0.15, 0.2) is 47.5 Å². The predicted molar refractivity (Wildman–Crippen MR) is 91.9 cm³/mol. The topological polar surface area (TPSA) is 97.0 Å². The molecule has 0 aliphatic carbocycles. The maximum absolute atomic E-state index is 11.9. The van der Waals surface area contributed by atoms with Gasteiger partial charge in [0.2, 0.25) is 5.95 Å². The number of Topliss-reactive ketones (excluding diaryl/α,β-unsaturated/α-hetero) is 1. The summed E-state index contributed by atoms with van der Waals surface area (Å²) in [5.41, 5.74) is 0.505. The van der Waals surface area contributed by atoms with E-state index in [2.05, 4.69) is 20.3 Å². The second-order valence-corrected chi connectivity index (χ2v) is 5.88. The SMILES string of the molecule is COCC(=O)c1cnc(Nc2ncc(-c3ccccc3)s2)[nH]c1=O. The second-order valence-electron chi connectivity index (χ2n) is 4.85. The molecule has 0 spiro atoms. The van der Waals surface area contributed by atoms with Crippen molar-refractivity contribution in [3.8, 4) is 10.4 Å². The molecule has 3 rings (SSSR count). The highest BCUT2D eigenvalue weighted by Gasteiger charge is 2.12. The number of aromatic nitrogens is 3. The third-order valence-electron chi connectivity index (χ3n) is 3.16. The third-order valence-corrected chi connectivity index (χ3v) is 4.13. The number of aromatic amines is 1. The smallest absolute Gasteiger partial charge is 0.263 e. The van der Waals surface area contributed by atoms with E-state index in [1.165, 1.54) is 24.6 Å². The van der Waals surface area contributed by atoms with Gasteiger partial charge in [0, 0.05) is 19.5 Å². The summed E-state index contributed by atoms with van der Waals surface area (Å²) in [6, 6.07) is 9.85. The molecule has 0 fully saturated rings. The first-order chi connectivity index (χ1) is 11.7. The van der Waals surface area contributed by atoms with E-state index >= 15 is 0 Å². The molecule has 1 aromatic carbocycles. The molecule has 122 valence electrons. The lowest BCUT2D eigenvalue weighted by Gasteiger charge is -2.03. The van der Waals surface area contributed by atoms with E-state index in [1.807, 2.05) is 30.3 Å². The molecule has 2 aromatic heterocycles. The van der Waals surface area contributed by atoms with Crippen LogP contribution in [0.2, 0.25) is 0 Å². The average Bonchev–Trinajstić information content (AvgIpc) is 3.04. The third kappa shape index (κ3) is 3.55. The van der Waals surface area contributed by atoms with Gasteiger partial charge in [0.25, 0.3) is 5.56 Å². The number of carbonyl (C=O) groups is 1. The first kappa shape index (κ1) is 16.0. The van der Waals surface area contributed by atoms with E-state index in [-0.39, 0.29) is 18.1 Å². The van der Waals surface area contributed by atoms with Crippen LogP contribution in [0.5, 0.6) is 0 Å². The van der Waals surface area contributed by atoms with Crippen molar-refractivity contribution in [1.82, 2.24) is 15.0 Å². The molecule has 0 aliphatic heterocycles. The summed E-state index contributed by atoms with van der Waals surface area (Å²) in [4.78, 5) is 35.4. The van der Waals surface area contributed by atoms with Crippen molar-refractivity contribution in [2.45, 2.75) is 0 Å². The molecule has 0 saturated carbocycles. The minimum Gasteiger partial charge on any atom is -0.377 e. The van der Waals surface area contributed by atoms with E-state index in [0.717, 1.165) is 10.4 Å². The van der Waals surface area contributed by atoms with Crippen LogP contribution in [-0.2, 0) is 4.74 Å². The summed E-state index contributed by atoms with van der Waals surface area (Å²) in [7, 11) is 1.39. The van der Waals surface area contributed by atoms with Crippen LogP contribution >= 0.6 is 11.3 Å². The molecular formula is C16H14N4O3S. The normalized spacial score (nSPS) is 10.5. The molecule has 0 radical (unpaired) electrons. The Labute approximate surface area is 141 Å². The van der Waals surface area contributed by atoms with Gasteiger partial charge in [0.15, 0.2) is 10.9 Å². The number of ketones is 1. The average molecular weight is 342 g/mol. The summed E-state index contributed by atoms with van der Waals surface area (Å²) in [5.74, 6) is -0.193. The van der Waals surface area contributed by atoms with Crippen LogP contribution in [0.25, 0.3) is 10.4 Å². The highest BCUT2D eigenvalue weighted by atomic mass is 32.1. The van der Waals surface area contributed by atoms with Crippen molar-refractivity contribution in [2.24, 2.45) is 0 Å². The lowest BCUT2D eigenvalue weighted by atomic mass is 10.2. The van der Waals surface area contributed by atoms with Gasteiger partial charge in [-0.1, -0.05) is 41.7 Å². The Kier molecular flexibility index (Phi) is 4.78. The molecular weight excluding hydrogens is 328 g/mol. The summed E-state index contributed by atoms with van der Waals surface area (Å²) in [6.45, 7) is -0.162. The molecule has 24 heavy (non-hydrogen) atoms. The molecule has 2 N–H and O–H groups in total. The lowest BCUT2D eigenvalue weighted by molar-refractivity contribution is 0.0846. The summed E-state index contributed by atoms with van der Waals surface area (Å²) >= 11 is 1.43. The van der Waals surface area contributed by atoms with Gasteiger partial charge in [0.1, 0.15) is 12.2 Å². The Hall–Kier alpha value is -2.84. The van der Waals surface area contributed by atoms with Crippen molar-refractivity contribution in [2.75, 3.05) is 19.0 Å². The Morgan fingerprint density at radius 1 is 1.25 bits per heavy atom. The Balaban J connectivity index is 1.77. The predicted octanol–water partition coefficient (Wildman–Crippen LogP) is 2.47. The number of anilines is 2. The Morgan fingerprint density at radius 3 is 2.75 bits per heavy atom. The van der Waals surface area contributed by atoms with Crippen molar-refractivity contribution < 1.29 is 9.53 Å². The standard InChI is InChI=1S/C16H14N4O3S/c1-23-9-12(21)11-7-17-15(19-14(11)22)20-16-18-8-13(24-16)10-5-3-2-4-6-10/h2-8H,9H2,1H3,(H2,17,18,19,20,22). The van der Waals surface area contributed by atoms with Crippen LogP contribution in [0, 0.1) is 0 Å². The van der Waals surface area contributed by atoms with Crippen molar-refractivity contribution in [3.63, 3.8) is 0 Å². The minimum absolute atomic E-state index is 0.0356. The molecule has 0 saturated heterocycles. The fraction of sp³-hybridized carbons (Fsp3) is 0.125. The number of thiazole rings is 1. The van der Waals surface area contributed by atoms with E-state index < -0.39 is 11.3 Å². The van der Waals surface area contributed by atoms with E-state index in [9.17, 15) is 9.59 Å². The van der Waals surface area contributed by atoms with E-state index in [4.69, 9.17) is 4.74 Å². The van der Waals surface area contributed by atoms with Crippen molar-refractivity contribution in [3.05, 3.63) is 58.6 Å². The largest absolute Gasteiger partial charge is 0.377 e. The number of rotatable bonds is 6. The zero-order valence-electron chi connectivity index (χ0n) is 12.8. The minimum atomic E-state index is -0.519. The first-order valence-electron chi connectivity index (χ1n) is 7.07. The van der Waals surface area contributed by atoms with Crippen LogP contribution in [0.4, 0.5) is 11.1 Å². The van der Waals surface area contributed by atoms with Gasteiger partial charge >= 0.3 is 0 Å². The van der Waals surface area contributed by atoms with Gasteiger partial charge in [-0.2, -0.15) is 0 Å². The fourth-order valence-corrected chi connectivity index (χ4v) is 2.86. The highest BCUT2D eigenvalue weighted by molar-refractivity contribution is 7.18. The van der Waals surface area contributed by atoms with E-state index in [0.29, 0.717) is 5.13 Å². The molecule has 0 bridgehead atoms. The number of carbonyl (C=O) groups excluding carboxylic acids is 1. The molecule has 0 amide bonds. The zero-order valence-corrected chi connectivity index (χ0v) is 13.6. The number of H-pyrrole nitrogens is 1. The van der Waals surface area contributed by atoms with Crippen LogP contribution in [0.1, 0.15) is 10.4 Å². The van der Waals surface area contributed by atoms with Gasteiger partial charge in [-0.25, -0.2) is 9.97 Å². The van der Waals surface area contributed by atoms with Crippen LogP contribution in [0.3, 0.4) is 0 Å². The van der Waals surface area contributed by atoms with Gasteiger partial charge in [-0.3, -0.25) is 14.6 Å². The number of nitrogens with zero attached hydrogens (tertiary/aromatic N) is 2. The molecule has 8 heteroatoms. The number of benzene rings is 1. The summed E-state index contributed by atoms with van der Waals surface area (Å²) in [6.07, 6.45) is 2.98. The van der Waals surface area contributed by atoms with Gasteiger partial charge < -0.3 is 10.1 Å². The fourth-order valence-electron chi connectivity index (χ4n) is 2.03. The second kappa shape index (κ2) is 7.16. The molecule has 3 aromatic rings. The molecule has 0 atom stereocenters. The van der Waals surface area contributed by atoms with Crippen molar-refractivity contribution >= 4 is 28.2 Å². The number of nitrogens with one attached hydrogen (secondary N) is 2. The first-order valence-corrected chi connectivity index (χ1v) is 7.89. The number of hydrogen-bond donors (Lipinski definition) is 2. The Bertz CT molecular complexity index is 905. The number of ether oxygens (including phenoxy) is 1. The maximum Gasteiger partial charge on any atom is 0.263 e. The van der Waals surface area contributed by atoms with E-state index in [1.54, 1.807) is 6.20 Å².